The Bertz CT molecular complexity index is 688. The maximum atomic E-state index is 12.7. The fourth-order valence-corrected chi connectivity index (χ4v) is 3.12. The van der Waals surface area contributed by atoms with E-state index in [2.05, 4.69) is 15.9 Å². The highest BCUT2D eigenvalue weighted by atomic mass is 79.9. The molecule has 0 saturated heterocycles. The van der Waals surface area contributed by atoms with Crippen molar-refractivity contribution in [3.63, 3.8) is 0 Å². The molecule has 2 aromatic rings. The standard InChI is InChI=1S/C14H10BrF3N2S/c1-20(7-9-4-13(15)21-8-9)12-3-2-11(14(16,17)18)5-10(12)6-19/h2-5,8H,7H2,1H3. The van der Waals surface area contributed by atoms with Crippen molar-refractivity contribution >= 4 is 33.0 Å². The van der Waals surface area contributed by atoms with Crippen LogP contribution in [-0.2, 0) is 12.7 Å². The van der Waals surface area contributed by atoms with Crippen LogP contribution in [0.1, 0.15) is 16.7 Å². The summed E-state index contributed by atoms with van der Waals surface area (Å²) >= 11 is 4.89. The highest BCUT2D eigenvalue weighted by Crippen LogP contribution is 2.33. The Kier molecular flexibility index (Phi) is 4.59. The summed E-state index contributed by atoms with van der Waals surface area (Å²) in [5.74, 6) is 0. The van der Waals surface area contributed by atoms with Crippen LogP contribution < -0.4 is 4.90 Å². The number of nitrogens with zero attached hydrogens (tertiary/aromatic N) is 2. The van der Waals surface area contributed by atoms with Crippen molar-refractivity contribution < 1.29 is 13.2 Å². The number of anilines is 1. The smallest absolute Gasteiger partial charge is 0.369 e. The lowest BCUT2D eigenvalue weighted by molar-refractivity contribution is -0.137. The first-order valence-electron chi connectivity index (χ1n) is 5.86. The molecule has 110 valence electrons. The van der Waals surface area contributed by atoms with Crippen molar-refractivity contribution in [3.05, 3.63) is 50.1 Å². The molecule has 0 spiro atoms. The topological polar surface area (TPSA) is 27.0 Å². The van der Waals surface area contributed by atoms with Crippen LogP contribution in [0.5, 0.6) is 0 Å². The highest BCUT2D eigenvalue weighted by molar-refractivity contribution is 9.11. The lowest BCUT2D eigenvalue weighted by Crippen LogP contribution is -2.18. The van der Waals surface area contributed by atoms with E-state index in [0.29, 0.717) is 12.2 Å². The van der Waals surface area contributed by atoms with Crippen LogP contribution >= 0.6 is 27.3 Å². The average molecular weight is 375 g/mol. The van der Waals surface area contributed by atoms with Gasteiger partial charge < -0.3 is 4.90 Å². The summed E-state index contributed by atoms with van der Waals surface area (Å²) in [6.07, 6.45) is -4.44. The number of hydrogen-bond acceptors (Lipinski definition) is 3. The van der Waals surface area contributed by atoms with Crippen LogP contribution in [0.25, 0.3) is 0 Å². The molecule has 0 radical (unpaired) electrons. The summed E-state index contributed by atoms with van der Waals surface area (Å²) in [6, 6.07) is 6.99. The van der Waals surface area contributed by atoms with Crippen molar-refractivity contribution in [2.45, 2.75) is 12.7 Å². The summed E-state index contributed by atoms with van der Waals surface area (Å²) in [4.78, 5) is 1.76. The number of halogens is 4. The fraction of sp³-hybridized carbons (Fsp3) is 0.214. The maximum Gasteiger partial charge on any atom is 0.416 e. The molecule has 0 amide bonds. The minimum atomic E-state index is -4.44. The van der Waals surface area contributed by atoms with Gasteiger partial charge in [-0.25, -0.2) is 0 Å². The van der Waals surface area contributed by atoms with E-state index >= 15 is 0 Å². The second-order valence-electron chi connectivity index (χ2n) is 4.46. The van der Waals surface area contributed by atoms with Crippen LogP contribution in [0.2, 0.25) is 0 Å². The molecule has 0 saturated carbocycles. The first kappa shape index (κ1) is 15.9. The average Bonchev–Trinajstić information content (AvgIpc) is 2.82. The number of hydrogen-bond donors (Lipinski definition) is 0. The molecule has 0 aliphatic rings. The highest BCUT2D eigenvalue weighted by Gasteiger charge is 2.31. The zero-order valence-electron chi connectivity index (χ0n) is 10.9. The van der Waals surface area contributed by atoms with Gasteiger partial charge in [0.1, 0.15) is 6.07 Å². The molecule has 2 nitrogen and oxygen atoms in total. The van der Waals surface area contributed by atoms with Gasteiger partial charge in [0.05, 0.1) is 20.6 Å². The summed E-state index contributed by atoms with van der Waals surface area (Å²) in [5, 5.41) is 11.0. The molecule has 0 fully saturated rings. The van der Waals surface area contributed by atoms with Gasteiger partial charge in [-0.2, -0.15) is 18.4 Å². The Morgan fingerprint density at radius 3 is 2.57 bits per heavy atom. The zero-order valence-corrected chi connectivity index (χ0v) is 13.3. The molecule has 0 unspecified atom stereocenters. The first-order valence-corrected chi connectivity index (χ1v) is 7.54. The minimum absolute atomic E-state index is 0.0154. The molecule has 1 heterocycles. The monoisotopic (exact) mass is 374 g/mol. The predicted octanol–water partition coefficient (Wildman–Crippen LogP) is 5.04. The quantitative estimate of drug-likeness (QED) is 0.752. The molecule has 7 heteroatoms. The molecular weight excluding hydrogens is 365 g/mol. The van der Waals surface area contributed by atoms with E-state index in [4.69, 9.17) is 5.26 Å². The van der Waals surface area contributed by atoms with E-state index in [1.54, 1.807) is 11.9 Å². The normalized spacial score (nSPS) is 11.2. The third-order valence-electron chi connectivity index (χ3n) is 2.90. The number of alkyl halides is 3. The van der Waals surface area contributed by atoms with Gasteiger partial charge in [-0.15, -0.1) is 11.3 Å². The van der Waals surface area contributed by atoms with Crippen LogP contribution in [0, 0.1) is 11.3 Å². The van der Waals surface area contributed by atoms with Gasteiger partial charge in [0.2, 0.25) is 0 Å². The van der Waals surface area contributed by atoms with Crippen molar-refractivity contribution in [1.29, 1.82) is 5.26 Å². The van der Waals surface area contributed by atoms with Crippen LogP contribution in [0.4, 0.5) is 18.9 Å². The number of thiophene rings is 1. The van der Waals surface area contributed by atoms with Crippen LogP contribution in [-0.4, -0.2) is 7.05 Å². The third kappa shape index (κ3) is 3.77. The second-order valence-corrected chi connectivity index (χ2v) is 6.75. The third-order valence-corrected chi connectivity index (χ3v) is 4.45. The van der Waals surface area contributed by atoms with Crippen molar-refractivity contribution in [3.8, 4) is 6.07 Å². The molecule has 0 aliphatic heterocycles. The summed E-state index contributed by atoms with van der Waals surface area (Å²) in [7, 11) is 1.75. The SMILES string of the molecule is CN(Cc1csc(Br)c1)c1ccc(C(F)(F)F)cc1C#N. The summed E-state index contributed by atoms with van der Waals surface area (Å²) in [6.45, 7) is 0.516. The van der Waals surface area contributed by atoms with Gasteiger partial charge in [0, 0.05) is 13.6 Å². The summed E-state index contributed by atoms with van der Waals surface area (Å²) < 4.78 is 39.0. The van der Waals surface area contributed by atoms with Gasteiger partial charge in [-0.05, 0) is 51.1 Å². The van der Waals surface area contributed by atoms with Crippen LogP contribution in [0.15, 0.2) is 33.4 Å². The van der Waals surface area contributed by atoms with E-state index in [1.807, 2.05) is 17.5 Å². The minimum Gasteiger partial charge on any atom is -0.369 e. The van der Waals surface area contributed by atoms with Crippen molar-refractivity contribution in [2.75, 3.05) is 11.9 Å². The number of benzene rings is 1. The van der Waals surface area contributed by atoms with E-state index in [9.17, 15) is 13.2 Å². The van der Waals surface area contributed by atoms with E-state index in [1.165, 1.54) is 17.4 Å². The Balaban J connectivity index is 2.29. The fourth-order valence-electron chi connectivity index (χ4n) is 1.92. The van der Waals surface area contributed by atoms with Gasteiger partial charge >= 0.3 is 6.18 Å². The number of nitriles is 1. The molecule has 1 aromatic carbocycles. The molecular formula is C14H10BrF3N2S. The maximum absolute atomic E-state index is 12.7. The molecule has 0 N–H and O–H groups in total. The van der Waals surface area contributed by atoms with Crippen molar-refractivity contribution in [2.24, 2.45) is 0 Å². The molecule has 21 heavy (non-hydrogen) atoms. The molecule has 0 bridgehead atoms. The second kappa shape index (κ2) is 6.08. The Hall–Kier alpha value is -1.52. The van der Waals surface area contributed by atoms with Crippen LogP contribution in [0.3, 0.4) is 0 Å². The van der Waals surface area contributed by atoms with Gasteiger partial charge in [-0.1, -0.05) is 0 Å². The predicted molar refractivity (Wildman–Crippen MR) is 80.3 cm³/mol. The Morgan fingerprint density at radius 2 is 2.05 bits per heavy atom. The van der Waals surface area contributed by atoms with Gasteiger partial charge in [-0.3, -0.25) is 0 Å². The summed E-state index contributed by atoms with van der Waals surface area (Å²) in [5.41, 5.74) is 0.710. The molecule has 1 aromatic heterocycles. The van der Waals surface area contributed by atoms with E-state index in [-0.39, 0.29) is 5.56 Å². The lowest BCUT2D eigenvalue weighted by atomic mass is 10.1. The largest absolute Gasteiger partial charge is 0.416 e. The van der Waals surface area contributed by atoms with E-state index < -0.39 is 11.7 Å². The Morgan fingerprint density at radius 1 is 1.33 bits per heavy atom. The molecule has 0 atom stereocenters. The zero-order chi connectivity index (χ0) is 15.6. The van der Waals surface area contributed by atoms with Gasteiger partial charge in [0.25, 0.3) is 0 Å². The Labute approximate surface area is 132 Å². The van der Waals surface area contributed by atoms with Crippen molar-refractivity contribution in [1.82, 2.24) is 0 Å². The molecule has 0 aliphatic carbocycles. The first-order chi connectivity index (χ1) is 9.81. The van der Waals surface area contributed by atoms with Gasteiger partial charge in [0.15, 0.2) is 0 Å². The lowest BCUT2D eigenvalue weighted by Gasteiger charge is -2.21. The molecule has 2 rings (SSSR count). The number of rotatable bonds is 3. The van der Waals surface area contributed by atoms with E-state index in [0.717, 1.165) is 21.5 Å².